The first kappa shape index (κ1) is 12.4. The van der Waals surface area contributed by atoms with Gasteiger partial charge in [0.25, 0.3) is 0 Å². The number of hydrogen-bond acceptors (Lipinski definition) is 1. The van der Waals surface area contributed by atoms with Crippen molar-refractivity contribution in [1.82, 2.24) is 4.90 Å². The monoisotopic (exact) mass is 235 g/mol. The third-order valence-electron chi connectivity index (χ3n) is 2.04. The van der Waals surface area contributed by atoms with Crippen molar-refractivity contribution in [2.45, 2.75) is 27.2 Å². The van der Waals surface area contributed by atoms with Gasteiger partial charge in [-0.25, -0.2) is 0 Å². The standard InChI is InChI=1S/C10H22BrN/c1-5-10(6-11)8-12(4)7-9(2)3/h9-10H,5-8H2,1-4H3. The molecule has 12 heavy (non-hydrogen) atoms. The van der Waals surface area contributed by atoms with Crippen LogP contribution in [0.4, 0.5) is 0 Å². The molecule has 0 radical (unpaired) electrons. The van der Waals surface area contributed by atoms with Crippen LogP contribution in [0.15, 0.2) is 0 Å². The highest BCUT2D eigenvalue weighted by molar-refractivity contribution is 9.09. The van der Waals surface area contributed by atoms with E-state index in [1.807, 2.05) is 0 Å². The molecule has 0 saturated heterocycles. The summed E-state index contributed by atoms with van der Waals surface area (Å²) in [7, 11) is 2.21. The van der Waals surface area contributed by atoms with E-state index < -0.39 is 0 Å². The Morgan fingerprint density at radius 2 is 1.83 bits per heavy atom. The fraction of sp³-hybridized carbons (Fsp3) is 1.00. The Labute approximate surface area is 85.7 Å². The fourth-order valence-electron chi connectivity index (χ4n) is 1.43. The van der Waals surface area contributed by atoms with Gasteiger partial charge in [0.15, 0.2) is 0 Å². The van der Waals surface area contributed by atoms with Crippen LogP contribution in [0.1, 0.15) is 27.2 Å². The lowest BCUT2D eigenvalue weighted by Crippen LogP contribution is -2.29. The summed E-state index contributed by atoms with van der Waals surface area (Å²) in [6.07, 6.45) is 1.27. The summed E-state index contributed by atoms with van der Waals surface area (Å²) >= 11 is 3.54. The molecule has 1 nitrogen and oxygen atoms in total. The van der Waals surface area contributed by atoms with Crippen molar-refractivity contribution in [2.75, 3.05) is 25.5 Å². The molecule has 1 atom stereocenters. The van der Waals surface area contributed by atoms with E-state index in [0.717, 1.165) is 17.2 Å². The van der Waals surface area contributed by atoms with Gasteiger partial charge in [0.05, 0.1) is 0 Å². The van der Waals surface area contributed by atoms with Crippen LogP contribution in [0.5, 0.6) is 0 Å². The van der Waals surface area contributed by atoms with Gasteiger partial charge in [0, 0.05) is 18.4 Å². The molecule has 0 rings (SSSR count). The number of rotatable bonds is 6. The zero-order chi connectivity index (χ0) is 9.56. The first-order chi connectivity index (χ1) is 5.60. The second-order valence-corrected chi connectivity index (χ2v) is 4.69. The van der Waals surface area contributed by atoms with Crippen LogP contribution < -0.4 is 0 Å². The van der Waals surface area contributed by atoms with Gasteiger partial charge in [-0.15, -0.1) is 0 Å². The zero-order valence-corrected chi connectivity index (χ0v) is 10.4. The second-order valence-electron chi connectivity index (χ2n) is 4.04. The molecule has 74 valence electrons. The highest BCUT2D eigenvalue weighted by Crippen LogP contribution is 2.08. The first-order valence-electron chi connectivity index (χ1n) is 4.84. The molecule has 0 bridgehead atoms. The average Bonchev–Trinajstić information content (AvgIpc) is 1.98. The van der Waals surface area contributed by atoms with Crippen molar-refractivity contribution < 1.29 is 0 Å². The lowest BCUT2D eigenvalue weighted by Gasteiger charge is -2.23. The normalized spacial score (nSPS) is 14.2. The minimum Gasteiger partial charge on any atom is -0.306 e. The van der Waals surface area contributed by atoms with E-state index in [-0.39, 0.29) is 0 Å². The molecule has 0 aliphatic carbocycles. The van der Waals surface area contributed by atoms with Gasteiger partial charge in [0.1, 0.15) is 0 Å². The predicted molar refractivity (Wildman–Crippen MR) is 59.9 cm³/mol. The van der Waals surface area contributed by atoms with E-state index in [0.29, 0.717) is 0 Å². The summed E-state index contributed by atoms with van der Waals surface area (Å²) in [5.41, 5.74) is 0. The van der Waals surface area contributed by atoms with Crippen LogP contribution in [-0.4, -0.2) is 30.4 Å². The molecule has 0 fully saturated rings. The van der Waals surface area contributed by atoms with Gasteiger partial charge >= 0.3 is 0 Å². The lowest BCUT2D eigenvalue weighted by molar-refractivity contribution is 0.257. The fourth-order valence-corrected chi connectivity index (χ4v) is 2.09. The molecule has 0 N–H and O–H groups in total. The lowest BCUT2D eigenvalue weighted by atomic mass is 10.1. The summed E-state index contributed by atoms with van der Waals surface area (Å²) < 4.78 is 0. The Morgan fingerprint density at radius 1 is 1.25 bits per heavy atom. The molecule has 0 aromatic heterocycles. The van der Waals surface area contributed by atoms with E-state index in [4.69, 9.17) is 0 Å². The van der Waals surface area contributed by atoms with Crippen LogP contribution in [-0.2, 0) is 0 Å². The predicted octanol–water partition coefficient (Wildman–Crippen LogP) is 3.00. The smallest absolute Gasteiger partial charge is 0.00717 e. The van der Waals surface area contributed by atoms with E-state index in [2.05, 4.69) is 48.6 Å². The second kappa shape index (κ2) is 6.90. The van der Waals surface area contributed by atoms with Crippen LogP contribution >= 0.6 is 15.9 Å². The maximum absolute atomic E-state index is 3.54. The molecule has 0 aliphatic heterocycles. The minimum atomic E-state index is 0.780. The van der Waals surface area contributed by atoms with Gasteiger partial charge in [-0.05, 0) is 18.9 Å². The van der Waals surface area contributed by atoms with Crippen molar-refractivity contribution in [1.29, 1.82) is 0 Å². The van der Waals surface area contributed by atoms with Gasteiger partial charge < -0.3 is 4.90 Å². The first-order valence-corrected chi connectivity index (χ1v) is 5.96. The number of alkyl halides is 1. The summed E-state index contributed by atoms with van der Waals surface area (Å²) in [6.45, 7) is 9.23. The van der Waals surface area contributed by atoms with Gasteiger partial charge in [0.2, 0.25) is 0 Å². The quantitative estimate of drug-likeness (QED) is 0.641. The van der Waals surface area contributed by atoms with Gasteiger partial charge in [-0.1, -0.05) is 43.1 Å². The summed E-state index contributed by atoms with van der Waals surface area (Å²) in [5, 5.41) is 1.13. The van der Waals surface area contributed by atoms with Gasteiger partial charge in [-0.2, -0.15) is 0 Å². The molecule has 0 aliphatic rings. The molecule has 0 saturated carbocycles. The third-order valence-corrected chi connectivity index (χ3v) is 2.96. The summed E-state index contributed by atoms with van der Waals surface area (Å²) in [6, 6.07) is 0. The van der Waals surface area contributed by atoms with Crippen molar-refractivity contribution in [2.24, 2.45) is 11.8 Å². The molecule has 0 aromatic rings. The Morgan fingerprint density at radius 3 is 2.17 bits per heavy atom. The largest absolute Gasteiger partial charge is 0.306 e. The molecule has 0 aromatic carbocycles. The molecule has 2 heteroatoms. The summed E-state index contributed by atoms with van der Waals surface area (Å²) in [4.78, 5) is 2.43. The van der Waals surface area contributed by atoms with E-state index in [1.54, 1.807) is 0 Å². The summed E-state index contributed by atoms with van der Waals surface area (Å²) in [5.74, 6) is 1.59. The SMILES string of the molecule is CCC(CBr)CN(C)CC(C)C. The maximum atomic E-state index is 3.54. The van der Waals surface area contributed by atoms with Crippen LogP contribution in [0.2, 0.25) is 0 Å². The van der Waals surface area contributed by atoms with Crippen molar-refractivity contribution in [3.63, 3.8) is 0 Å². The number of halogens is 1. The van der Waals surface area contributed by atoms with Crippen molar-refractivity contribution in [3.8, 4) is 0 Å². The van der Waals surface area contributed by atoms with Gasteiger partial charge in [-0.3, -0.25) is 0 Å². The Balaban J connectivity index is 3.58. The van der Waals surface area contributed by atoms with E-state index in [1.165, 1.54) is 19.5 Å². The van der Waals surface area contributed by atoms with Crippen LogP contribution in [0.3, 0.4) is 0 Å². The maximum Gasteiger partial charge on any atom is 0.00717 e. The highest BCUT2D eigenvalue weighted by atomic mass is 79.9. The molecule has 1 unspecified atom stereocenters. The minimum absolute atomic E-state index is 0.780. The van der Waals surface area contributed by atoms with Crippen LogP contribution in [0.25, 0.3) is 0 Å². The van der Waals surface area contributed by atoms with E-state index in [9.17, 15) is 0 Å². The number of nitrogens with zero attached hydrogens (tertiary/aromatic N) is 1. The molecule has 0 heterocycles. The number of hydrogen-bond donors (Lipinski definition) is 0. The van der Waals surface area contributed by atoms with Crippen molar-refractivity contribution in [3.05, 3.63) is 0 Å². The Kier molecular flexibility index (Phi) is 7.16. The topological polar surface area (TPSA) is 3.24 Å². The van der Waals surface area contributed by atoms with Crippen LogP contribution in [0, 0.1) is 11.8 Å². The highest BCUT2D eigenvalue weighted by Gasteiger charge is 2.08. The Bertz CT molecular complexity index is 100. The molecule has 0 amide bonds. The zero-order valence-electron chi connectivity index (χ0n) is 8.81. The molecular formula is C10H22BrN. The molecular weight excluding hydrogens is 214 g/mol. The average molecular weight is 236 g/mol. The third kappa shape index (κ3) is 6.01. The van der Waals surface area contributed by atoms with Crippen molar-refractivity contribution >= 4 is 15.9 Å². The Hall–Kier alpha value is 0.440. The molecule has 0 spiro atoms. The van der Waals surface area contributed by atoms with E-state index >= 15 is 0 Å².